The summed E-state index contributed by atoms with van der Waals surface area (Å²) in [6, 6.07) is 0. The molecule has 1 amide bonds. The minimum absolute atomic E-state index is 0.193. The predicted molar refractivity (Wildman–Crippen MR) is 94.0 cm³/mol. The SMILES string of the molecule is CC(C)C(C)OC1(CI)CCCN(C(=O)OC(C)(C)C)C1. The lowest BCUT2D eigenvalue weighted by Gasteiger charge is -2.43. The molecule has 0 saturated carbocycles. The minimum Gasteiger partial charge on any atom is -0.444 e. The monoisotopic (exact) mass is 411 g/mol. The molecule has 1 heterocycles. The van der Waals surface area contributed by atoms with E-state index >= 15 is 0 Å². The van der Waals surface area contributed by atoms with E-state index in [4.69, 9.17) is 9.47 Å². The molecule has 1 fully saturated rings. The Morgan fingerprint density at radius 3 is 2.43 bits per heavy atom. The Labute approximate surface area is 143 Å². The molecule has 1 saturated heterocycles. The first-order valence-corrected chi connectivity index (χ1v) is 9.33. The molecule has 1 aliphatic rings. The zero-order valence-electron chi connectivity index (χ0n) is 14.2. The molecule has 0 aromatic rings. The van der Waals surface area contributed by atoms with E-state index in [-0.39, 0.29) is 17.8 Å². The summed E-state index contributed by atoms with van der Waals surface area (Å²) >= 11 is 2.37. The van der Waals surface area contributed by atoms with E-state index in [0.717, 1.165) is 23.8 Å². The van der Waals surface area contributed by atoms with Gasteiger partial charge in [-0.1, -0.05) is 36.4 Å². The van der Waals surface area contributed by atoms with Gasteiger partial charge in [-0.2, -0.15) is 0 Å². The summed E-state index contributed by atoms with van der Waals surface area (Å²) in [6.07, 6.45) is 1.94. The number of amides is 1. The highest BCUT2D eigenvalue weighted by Gasteiger charge is 2.40. The molecule has 2 unspecified atom stereocenters. The second-order valence-corrected chi connectivity index (χ2v) is 8.15. The highest BCUT2D eigenvalue weighted by atomic mass is 127. The molecule has 0 aromatic carbocycles. The summed E-state index contributed by atoms with van der Waals surface area (Å²) in [5.74, 6) is 0.474. The number of carbonyl (C=O) groups excluding carboxylic acids is 1. The van der Waals surface area contributed by atoms with E-state index in [9.17, 15) is 4.79 Å². The number of halogens is 1. The fraction of sp³-hybridized carbons (Fsp3) is 0.938. The lowest BCUT2D eigenvalue weighted by Crippen LogP contribution is -2.55. The van der Waals surface area contributed by atoms with Crippen molar-refractivity contribution in [2.45, 2.75) is 71.7 Å². The average molecular weight is 411 g/mol. The maximum atomic E-state index is 12.3. The highest BCUT2D eigenvalue weighted by Crippen LogP contribution is 2.31. The second-order valence-electron chi connectivity index (χ2n) is 7.39. The van der Waals surface area contributed by atoms with Crippen molar-refractivity contribution in [1.29, 1.82) is 0 Å². The van der Waals surface area contributed by atoms with Gasteiger partial charge < -0.3 is 14.4 Å². The van der Waals surface area contributed by atoms with Gasteiger partial charge in [0.15, 0.2) is 0 Å². The molecule has 0 aromatic heterocycles. The van der Waals surface area contributed by atoms with Crippen LogP contribution >= 0.6 is 22.6 Å². The van der Waals surface area contributed by atoms with Gasteiger partial charge in [0.05, 0.1) is 18.2 Å². The van der Waals surface area contributed by atoms with Crippen LogP contribution < -0.4 is 0 Å². The van der Waals surface area contributed by atoms with E-state index in [2.05, 4.69) is 43.4 Å². The highest BCUT2D eigenvalue weighted by molar-refractivity contribution is 14.1. The van der Waals surface area contributed by atoms with E-state index in [1.807, 2.05) is 20.8 Å². The van der Waals surface area contributed by atoms with Crippen LogP contribution in [-0.4, -0.2) is 45.8 Å². The molecule has 0 radical (unpaired) electrons. The van der Waals surface area contributed by atoms with Crippen LogP contribution in [0.1, 0.15) is 54.4 Å². The third-order valence-electron chi connectivity index (χ3n) is 3.81. The molecule has 1 aliphatic heterocycles. The summed E-state index contributed by atoms with van der Waals surface area (Å²) in [5, 5.41) is 0. The van der Waals surface area contributed by atoms with Crippen LogP contribution in [0.15, 0.2) is 0 Å². The van der Waals surface area contributed by atoms with Gasteiger partial charge in [0.2, 0.25) is 0 Å². The Hall–Kier alpha value is -0.0400. The van der Waals surface area contributed by atoms with Crippen LogP contribution in [-0.2, 0) is 9.47 Å². The smallest absolute Gasteiger partial charge is 0.410 e. The number of hydrogen-bond acceptors (Lipinski definition) is 3. The molecule has 0 spiro atoms. The van der Waals surface area contributed by atoms with Gasteiger partial charge in [0, 0.05) is 11.0 Å². The Bertz CT molecular complexity index is 354. The molecule has 5 heteroatoms. The van der Waals surface area contributed by atoms with Gasteiger partial charge in [-0.25, -0.2) is 4.79 Å². The zero-order chi connectivity index (χ0) is 16.3. The summed E-state index contributed by atoms with van der Waals surface area (Å²) in [4.78, 5) is 14.1. The van der Waals surface area contributed by atoms with Crippen molar-refractivity contribution >= 4 is 28.7 Å². The zero-order valence-corrected chi connectivity index (χ0v) is 16.4. The van der Waals surface area contributed by atoms with Gasteiger partial charge in [-0.15, -0.1) is 0 Å². The van der Waals surface area contributed by atoms with Gasteiger partial charge in [0.1, 0.15) is 5.60 Å². The molecule has 0 bridgehead atoms. The lowest BCUT2D eigenvalue weighted by molar-refractivity contribution is -0.118. The number of hydrogen-bond donors (Lipinski definition) is 0. The van der Waals surface area contributed by atoms with Gasteiger partial charge >= 0.3 is 6.09 Å². The van der Waals surface area contributed by atoms with E-state index in [0.29, 0.717) is 12.5 Å². The molecular weight excluding hydrogens is 381 g/mol. The predicted octanol–water partition coefficient (Wildman–Crippen LogP) is 4.25. The standard InChI is InChI=1S/C16H30INO3/c1-12(2)13(3)20-16(10-17)8-7-9-18(11-16)14(19)21-15(4,5)6/h12-13H,7-11H2,1-6H3. The van der Waals surface area contributed by atoms with Crippen molar-refractivity contribution in [3.8, 4) is 0 Å². The number of rotatable bonds is 4. The molecular formula is C16H30INO3. The molecule has 2 atom stereocenters. The number of nitrogens with zero attached hydrogens (tertiary/aromatic N) is 1. The first kappa shape index (κ1) is 19.0. The molecule has 0 aliphatic carbocycles. The quantitative estimate of drug-likeness (QED) is 0.513. The van der Waals surface area contributed by atoms with Crippen molar-refractivity contribution in [3.05, 3.63) is 0 Å². The number of piperidine rings is 1. The third kappa shape index (κ3) is 5.93. The number of carbonyl (C=O) groups is 1. The van der Waals surface area contributed by atoms with Gasteiger partial charge in [-0.05, 0) is 46.5 Å². The Morgan fingerprint density at radius 2 is 1.95 bits per heavy atom. The third-order valence-corrected chi connectivity index (χ3v) is 5.20. The van der Waals surface area contributed by atoms with Crippen LogP contribution in [0.4, 0.5) is 4.79 Å². The first-order chi connectivity index (χ1) is 9.58. The van der Waals surface area contributed by atoms with Crippen molar-refractivity contribution in [3.63, 3.8) is 0 Å². The summed E-state index contributed by atoms with van der Waals surface area (Å²) < 4.78 is 12.7. The maximum Gasteiger partial charge on any atom is 0.410 e. The van der Waals surface area contributed by atoms with Gasteiger partial charge in [0.25, 0.3) is 0 Å². The second kappa shape index (κ2) is 7.49. The van der Waals surface area contributed by atoms with Crippen LogP contribution in [0.25, 0.3) is 0 Å². The normalized spacial score (nSPS) is 25.0. The van der Waals surface area contributed by atoms with E-state index in [1.165, 1.54) is 0 Å². The number of likely N-dealkylation sites (tertiary alicyclic amines) is 1. The van der Waals surface area contributed by atoms with Crippen molar-refractivity contribution in [2.24, 2.45) is 5.92 Å². The Morgan fingerprint density at radius 1 is 1.33 bits per heavy atom. The maximum absolute atomic E-state index is 12.3. The van der Waals surface area contributed by atoms with E-state index < -0.39 is 5.60 Å². The fourth-order valence-electron chi connectivity index (χ4n) is 2.35. The summed E-state index contributed by atoms with van der Waals surface area (Å²) in [6.45, 7) is 13.5. The van der Waals surface area contributed by atoms with Crippen LogP contribution in [0.5, 0.6) is 0 Å². The van der Waals surface area contributed by atoms with Crippen molar-refractivity contribution in [2.75, 3.05) is 17.5 Å². The Kier molecular flexibility index (Phi) is 6.78. The molecule has 1 rings (SSSR count). The van der Waals surface area contributed by atoms with Gasteiger partial charge in [-0.3, -0.25) is 0 Å². The van der Waals surface area contributed by atoms with Crippen molar-refractivity contribution < 1.29 is 14.3 Å². The largest absolute Gasteiger partial charge is 0.444 e. The minimum atomic E-state index is -0.451. The first-order valence-electron chi connectivity index (χ1n) is 7.80. The molecule has 21 heavy (non-hydrogen) atoms. The molecule has 4 nitrogen and oxygen atoms in total. The molecule has 124 valence electrons. The van der Waals surface area contributed by atoms with Crippen molar-refractivity contribution in [1.82, 2.24) is 4.90 Å². The van der Waals surface area contributed by atoms with E-state index in [1.54, 1.807) is 4.90 Å². The average Bonchev–Trinajstić information content (AvgIpc) is 2.36. The summed E-state index contributed by atoms with van der Waals surface area (Å²) in [7, 11) is 0. The fourth-order valence-corrected chi connectivity index (χ4v) is 3.15. The van der Waals surface area contributed by atoms with Crippen LogP contribution in [0.2, 0.25) is 0 Å². The van der Waals surface area contributed by atoms with Crippen LogP contribution in [0.3, 0.4) is 0 Å². The topological polar surface area (TPSA) is 38.8 Å². The number of alkyl halides is 1. The lowest BCUT2D eigenvalue weighted by atomic mass is 9.94. The van der Waals surface area contributed by atoms with Crippen LogP contribution in [0, 0.1) is 5.92 Å². The Balaban J connectivity index is 2.73. The number of ether oxygens (including phenoxy) is 2. The summed E-state index contributed by atoms with van der Waals surface area (Å²) in [5.41, 5.74) is -0.688. The molecule has 0 N–H and O–H groups in total.